The van der Waals surface area contributed by atoms with E-state index in [-0.39, 0.29) is 30.8 Å². The molecule has 1 unspecified atom stereocenters. The van der Waals surface area contributed by atoms with Crippen LogP contribution in [0.25, 0.3) is 11.3 Å². The summed E-state index contributed by atoms with van der Waals surface area (Å²) in [6.07, 6.45) is 10.5. The van der Waals surface area contributed by atoms with Crippen molar-refractivity contribution in [1.82, 2.24) is 9.55 Å². The molecule has 7 nitrogen and oxygen atoms in total. The minimum Gasteiger partial charge on any atom is -0.456 e. The number of carbonyl (C=O) groups excluding carboxylic acids is 2. The molecule has 0 saturated heterocycles. The maximum atomic E-state index is 13.1. The zero-order chi connectivity index (χ0) is 22.5. The first-order chi connectivity index (χ1) is 15.6. The largest absolute Gasteiger partial charge is 0.456 e. The number of ether oxygens (including phenoxy) is 1. The lowest BCUT2D eigenvalue weighted by molar-refractivity contribution is -0.148. The van der Waals surface area contributed by atoms with Crippen LogP contribution in [0.15, 0.2) is 64.6 Å². The second kappa shape index (κ2) is 9.77. The van der Waals surface area contributed by atoms with Crippen LogP contribution in [0.4, 0.5) is 5.82 Å². The van der Waals surface area contributed by atoms with E-state index in [4.69, 9.17) is 4.74 Å². The molecule has 32 heavy (non-hydrogen) atoms. The average Bonchev–Trinajstić information content (AvgIpc) is 2.82. The summed E-state index contributed by atoms with van der Waals surface area (Å²) in [5.74, 6) is -0.898. The van der Waals surface area contributed by atoms with Gasteiger partial charge in [0.15, 0.2) is 5.82 Å². The summed E-state index contributed by atoms with van der Waals surface area (Å²) in [4.78, 5) is 42.0. The molecule has 4 rings (SSSR count). The third-order valence-corrected chi connectivity index (χ3v) is 5.87. The van der Waals surface area contributed by atoms with Crippen molar-refractivity contribution in [2.24, 2.45) is 0 Å². The van der Waals surface area contributed by atoms with Crippen LogP contribution in [0, 0.1) is 0 Å². The summed E-state index contributed by atoms with van der Waals surface area (Å²) >= 11 is 0. The first-order valence-corrected chi connectivity index (χ1v) is 11.1. The molecule has 0 aliphatic heterocycles. The standard InChI is InChI=1S/C25H27N3O4/c1-2-22(29)27-24-25(31)28(20(15-26-24)18-10-4-3-5-11-18)16-23(30)32-21-14-8-12-17-9-6-7-13-19(17)21/h3-5,7,10-11,13,15,21H,2,6,8-9,12,14,16H2,1H3,(H,26,27,29). The lowest BCUT2D eigenvalue weighted by Crippen LogP contribution is -2.33. The van der Waals surface area contributed by atoms with Gasteiger partial charge in [-0.1, -0.05) is 55.0 Å². The molecule has 2 aromatic rings. The molecule has 1 aromatic carbocycles. The van der Waals surface area contributed by atoms with Crippen molar-refractivity contribution < 1.29 is 14.3 Å². The zero-order valence-corrected chi connectivity index (χ0v) is 18.2. The van der Waals surface area contributed by atoms with Crippen LogP contribution in [-0.4, -0.2) is 27.5 Å². The van der Waals surface area contributed by atoms with Crippen LogP contribution < -0.4 is 10.9 Å². The zero-order valence-electron chi connectivity index (χ0n) is 18.2. The SMILES string of the molecule is CCC(=O)Nc1ncc(-c2ccccc2)n(CC(=O)OC2CCCC3=C2C=CCC3)c1=O. The molecule has 0 saturated carbocycles. The molecular weight excluding hydrogens is 406 g/mol. The Morgan fingerprint density at radius 3 is 2.81 bits per heavy atom. The quantitative estimate of drug-likeness (QED) is 0.696. The van der Waals surface area contributed by atoms with Gasteiger partial charge in [-0.25, -0.2) is 4.98 Å². The third-order valence-electron chi connectivity index (χ3n) is 5.87. The summed E-state index contributed by atoms with van der Waals surface area (Å²) in [6.45, 7) is 1.43. The normalized spacial score (nSPS) is 17.6. The molecule has 1 aromatic heterocycles. The second-order valence-electron chi connectivity index (χ2n) is 8.02. The van der Waals surface area contributed by atoms with Crippen LogP contribution >= 0.6 is 0 Å². The number of aromatic nitrogens is 2. The number of nitrogens with zero attached hydrogens (tertiary/aromatic N) is 2. The number of hydrogen-bond donors (Lipinski definition) is 1. The van der Waals surface area contributed by atoms with Gasteiger partial charge in [0, 0.05) is 6.42 Å². The number of allylic oxidation sites excluding steroid dienone is 2. The van der Waals surface area contributed by atoms with Crippen molar-refractivity contribution in [3.8, 4) is 11.3 Å². The van der Waals surface area contributed by atoms with Gasteiger partial charge in [-0.05, 0) is 43.2 Å². The minimum absolute atomic E-state index is 0.0952. The molecule has 7 heteroatoms. The van der Waals surface area contributed by atoms with E-state index in [9.17, 15) is 14.4 Å². The van der Waals surface area contributed by atoms with Gasteiger partial charge in [0.2, 0.25) is 5.91 Å². The van der Waals surface area contributed by atoms with Gasteiger partial charge in [0.1, 0.15) is 12.6 Å². The second-order valence-corrected chi connectivity index (χ2v) is 8.02. The molecule has 1 heterocycles. The Balaban J connectivity index is 1.63. The molecule has 0 spiro atoms. The van der Waals surface area contributed by atoms with E-state index in [1.807, 2.05) is 30.3 Å². The molecule has 0 fully saturated rings. The summed E-state index contributed by atoms with van der Waals surface area (Å²) in [5, 5.41) is 2.52. The van der Waals surface area contributed by atoms with Crippen molar-refractivity contribution in [2.75, 3.05) is 5.32 Å². The molecule has 2 aliphatic rings. The lowest BCUT2D eigenvalue weighted by Gasteiger charge is -2.29. The molecule has 2 aliphatic carbocycles. The first kappa shape index (κ1) is 21.7. The van der Waals surface area contributed by atoms with Crippen molar-refractivity contribution in [3.05, 3.63) is 70.2 Å². The van der Waals surface area contributed by atoms with Gasteiger partial charge in [-0.3, -0.25) is 19.0 Å². The summed E-state index contributed by atoms with van der Waals surface area (Å²) in [7, 11) is 0. The van der Waals surface area contributed by atoms with Crippen molar-refractivity contribution in [1.29, 1.82) is 0 Å². The Morgan fingerprint density at radius 2 is 2.03 bits per heavy atom. The van der Waals surface area contributed by atoms with Crippen LogP contribution in [0.2, 0.25) is 0 Å². The Morgan fingerprint density at radius 1 is 1.22 bits per heavy atom. The highest BCUT2D eigenvalue weighted by Gasteiger charge is 2.26. The first-order valence-electron chi connectivity index (χ1n) is 11.1. The summed E-state index contributed by atoms with van der Waals surface area (Å²) in [5.41, 5.74) is 3.18. The molecule has 1 atom stereocenters. The maximum Gasteiger partial charge on any atom is 0.326 e. The van der Waals surface area contributed by atoms with Gasteiger partial charge in [0.25, 0.3) is 5.56 Å². The number of amides is 1. The highest BCUT2D eigenvalue weighted by Crippen LogP contribution is 2.33. The summed E-state index contributed by atoms with van der Waals surface area (Å²) < 4.78 is 7.16. The topological polar surface area (TPSA) is 90.3 Å². The predicted octanol–water partition coefficient (Wildman–Crippen LogP) is 4.00. The number of nitrogens with one attached hydrogen (secondary N) is 1. The molecule has 166 valence electrons. The fourth-order valence-electron chi connectivity index (χ4n) is 4.23. The molecule has 1 amide bonds. The van der Waals surface area contributed by atoms with Crippen molar-refractivity contribution in [2.45, 2.75) is 58.1 Å². The Bertz CT molecular complexity index is 1130. The van der Waals surface area contributed by atoms with Crippen LogP contribution in [0.3, 0.4) is 0 Å². The van der Waals surface area contributed by atoms with E-state index >= 15 is 0 Å². The van der Waals surface area contributed by atoms with Gasteiger partial charge < -0.3 is 10.1 Å². The number of carbonyl (C=O) groups is 2. The lowest BCUT2D eigenvalue weighted by atomic mass is 9.84. The average molecular weight is 434 g/mol. The predicted molar refractivity (Wildman–Crippen MR) is 122 cm³/mol. The van der Waals surface area contributed by atoms with E-state index in [0.29, 0.717) is 5.69 Å². The molecule has 0 bridgehead atoms. The number of anilines is 1. The molecule has 0 radical (unpaired) electrons. The van der Waals surface area contributed by atoms with Crippen LogP contribution in [0.1, 0.15) is 45.4 Å². The van der Waals surface area contributed by atoms with Gasteiger partial charge in [0.05, 0.1) is 11.9 Å². The van der Waals surface area contributed by atoms with Crippen LogP contribution in [-0.2, 0) is 20.9 Å². The van der Waals surface area contributed by atoms with Crippen LogP contribution in [0.5, 0.6) is 0 Å². The van der Waals surface area contributed by atoms with Gasteiger partial charge in [-0.2, -0.15) is 0 Å². The molecular formula is C25H27N3O4. The van der Waals surface area contributed by atoms with E-state index in [0.717, 1.165) is 43.2 Å². The Hall–Kier alpha value is -3.48. The molecule has 1 N–H and O–H groups in total. The summed E-state index contributed by atoms with van der Waals surface area (Å²) in [6, 6.07) is 9.25. The third kappa shape index (κ3) is 4.72. The van der Waals surface area contributed by atoms with Crippen molar-refractivity contribution >= 4 is 17.7 Å². The maximum absolute atomic E-state index is 13.1. The fourth-order valence-corrected chi connectivity index (χ4v) is 4.23. The number of rotatable bonds is 6. The van der Waals surface area contributed by atoms with Crippen molar-refractivity contribution in [3.63, 3.8) is 0 Å². The highest BCUT2D eigenvalue weighted by molar-refractivity contribution is 5.89. The monoisotopic (exact) mass is 433 g/mol. The number of hydrogen-bond acceptors (Lipinski definition) is 5. The minimum atomic E-state index is -0.536. The van der Waals surface area contributed by atoms with Gasteiger partial charge >= 0.3 is 5.97 Å². The number of benzene rings is 1. The Labute approximate surface area is 186 Å². The fraction of sp³-hybridized carbons (Fsp3) is 0.360. The Kier molecular flexibility index (Phi) is 6.63. The number of esters is 1. The highest BCUT2D eigenvalue weighted by atomic mass is 16.5. The van der Waals surface area contributed by atoms with E-state index in [2.05, 4.69) is 22.5 Å². The smallest absolute Gasteiger partial charge is 0.326 e. The van der Waals surface area contributed by atoms with E-state index in [1.54, 1.807) is 6.92 Å². The van der Waals surface area contributed by atoms with Gasteiger partial charge in [-0.15, -0.1) is 0 Å². The van der Waals surface area contributed by atoms with E-state index < -0.39 is 11.5 Å². The van der Waals surface area contributed by atoms with E-state index in [1.165, 1.54) is 16.3 Å².